The van der Waals surface area contributed by atoms with Crippen molar-refractivity contribution in [3.63, 3.8) is 0 Å². The molecule has 0 spiro atoms. The smallest absolute Gasteiger partial charge is 0.228 e. The summed E-state index contributed by atoms with van der Waals surface area (Å²) in [5.41, 5.74) is 1.97. The summed E-state index contributed by atoms with van der Waals surface area (Å²) in [5.74, 6) is 1.42. The lowest BCUT2D eigenvalue weighted by Crippen LogP contribution is -2.28. The number of carbonyl (C=O) groups is 1. The van der Waals surface area contributed by atoms with Crippen molar-refractivity contribution in [1.82, 2.24) is 5.32 Å². The number of benzene rings is 2. The third-order valence-electron chi connectivity index (χ3n) is 3.83. The maximum atomic E-state index is 12.0. The summed E-state index contributed by atoms with van der Waals surface area (Å²) >= 11 is 0. The van der Waals surface area contributed by atoms with Crippen LogP contribution < -0.4 is 15.4 Å². The van der Waals surface area contributed by atoms with E-state index in [9.17, 15) is 4.79 Å². The van der Waals surface area contributed by atoms with E-state index in [1.807, 2.05) is 62.5 Å². The zero-order chi connectivity index (χ0) is 18.1. The Morgan fingerprint density at radius 3 is 2.15 bits per heavy atom. The van der Waals surface area contributed by atoms with Crippen LogP contribution in [0, 0.1) is 5.92 Å². The van der Waals surface area contributed by atoms with Gasteiger partial charge in [0, 0.05) is 25.3 Å². The lowest BCUT2D eigenvalue weighted by Gasteiger charge is -2.12. The Balaban J connectivity index is 0.00000338. The van der Waals surface area contributed by atoms with Crippen LogP contribution >= 0.6 is 12.4 Å². The van der Waals surface area contributed by atoms with Crippen LogP contribution in [-0.4, -0.2) is 33.2 Å². The number of nitrogens with one attached hydrogen (secondary N) is 2. The molecule has 0 aromatic heterocycles. The summed E-state index contributed by atoms with van der Waals surface area (Å²) in [7, 11) is 3.53. The lowest BCUT2D eigenvalue weighted by atomic mass is 10.1. The number of halogens is 1. The van der Waals surface area contributed by atoms with E-state index in [4.69, 9.17) is 9.47 Å². The molecular weight excluding hydrogens is 352 g/mol. The van der Waals surface area contributed by atoms with E-state index in [-0.39, 0.29) is 24.2 Å². The number of ether oxygens (including phenoxy) is 2. The lowest BCUT2D eigenvalue weighted by molar-refractivity contribution is -0.119. The molecule has 0 aliphatic heterocycles. The van der Waals surface area contributed by atoms with Crippen LogP contribution in [0.1, 0.15) is 12.5 Å². The summed E-state index contributed by atoms with van der Waals surface area (Å²) in [6, 6.07) is 15.3. The second kappa shape index (κ2) is 11.5. The minimum absolute atomic E-state index is 0. The highest BCUT2D eigenvalue weighted by Crippen LogP contribution is 2.23. The zero-order valence-electron chi connectivity index (χ0n) is 15.5. The van der Waals surface area contributed by atoms with Crippen LogP contribution in [0.2, 0.25) is 0 Å². The van der Waals surface area contributed by atoms with Gasteiger partial charge in [-0.05, 0) is 55.4 Å². The topological polar surface area (TPSA) is 59.6 Å². The predicted molar refractivity (Wildman–Crippen MR) is 108 cm³/mol. The molecule has 0 heterocycles. The maximum Gasteiger partial charge on any atom is 0.228 e. The van der Waals surface area contributed by atoms with Gasteiger partial charge < -0.3 is 20.1 Å². The highest BCUT2D eigenvalue weighted by atomic mass is 35.5. The Kier molecular flexibility index (Phi) is 9.73. The number of carbonyl (C=O) groups excluding carboxylic acids is 1. The Morgan fingerprint density at radius 2 is 1.62 bits per heavy atom. The standard InChI is InChI=1S/C20H26N2O3.ClH/c1-15(14-21-2)20(23)22-17-6-10-19(11-7-17)25-18-8-4-16(5-9-18)12-13-24-3;/h4-11,15,21H,12-14H2,1-3H3,(H,22,23);1H. The summed E-state index contributed by atoms with van der Waals surface area (Å²) < 4.78 is 10.9. The first kappa shape index (κ1) is 22.0. The Hall–Kier alpha value is -2.08. The van der Waals surface area contributed by atoms with Crippen molar-refractivity contribution >= 4 is 24.0 Å². The molecule has 2 aromatic carbocycles. The summed E-state index contributed by atoms with van der Waals surface area (Å²) in [4.78, 5) is 12.0. The highest BCUT2D eigenvalue weighted by Gasteiger charge is 2.11. The molecule has 142 valence electrons. The third-order valence-corrected chi connectivity index (χ3v) is 3.83. The van der Waals surface area contributed by atoms with Crippen molar-refractivity contribution in [2.75, 3.05) is 32.6 Å². The molecule has 6 heteroatoms. The van der Waals surface area contributed by atoms with Crippen molar-refractivity contribution in [1.29, 1.82) is 0 Å². The van der Waals surface area contributed by atoms with Gasteiger partial charge in [0.1, 0.15) is 11.5 Å². The van der Waals surface area contributed by atoms with E-state index in [2.05, 4.69) is 10.6 Å². The third kappa shape index (κ3) is 7.04. The number of amides is 1. The van der Waals surface area contributed by atoms with Gasteiger partial charge in [0.15, 0.2) is 0 Å². The van der Waals surface area contributed by atoms with Crippen LogP contribution in [0.3, 0.4) is 0 Å². The maximum absolute atomic E-state index is 12.0. The zero-order valence-corrected chi connectivity index (χ0v) is 16.3. The fourth-order valence-corrected chi connectivity index (χ4v) is 2.35. The van der Waals surface area contributed by atoms with Crippen LogP contribution in [-0.2, 0) is 16.0 Å². The summed E-state index contributed by atoms with van der Waals surface area (Å²) in [6.07, 6.45) is 0.886. The largest absolute Gasteiger partial charge is 0.457 e. The SMILES string of the molecule is CNCC(C)C(=O)Nc1ccc(Oc2ccc(CCOC)cc2)cc1.Cl. The van der Waals surface area contributed by atoms with Gasteiger partial charge in [-0.15, -0.1) is 12.4 Å². The quantitative estimate of drug-likeness (QED) is 0.695. The number of anilines is 1. The minimum atomic E-state index is -0.0856. The molecule has 2 N–H and O–H groups in total. The van der Waals surface area contributed by atoms with E-state index >= 15 is 0 Å². The van der Waals surface area contributed by atoms with Gasteiger partial charge in [0.25, 0.3) is 0 Å². The van der Waals surface area contributed by atoms with Crippen LogP contribution in [0.15, 0.2) is 48.5 Å². The van der Waals surface area contributed by atoms with E-state index < -0.39 is 0 Å². The van der Waals surface area contributed by atoms with E-state index in [0.717, 1.165) is 23.6 Å². The van der Waals surface area contributed by atoms with Gasteiger partial charge in [-0.1, -0.05) is 19.1 Å². The van der Waals surface area contributed by atoms with Gasteiger partial charge in [0.05, 0.1) is 6.61 Å². The molecule has 0 aliphatic carbocycles. The van der Waals surface area contributed by atoms with Crippen LogP contribution in [0.5, 0.6) is 11.5 Å². The minimum Gasteiger partial charge on any atom is -0.457 e. The first-order valence-corrected chi connectivity index (χ1v) is 8.43. The van der Waals surface area contributed by atoms with Gasteiger partial charge in [-0.2, -0.15) is 0 Å². The molecule has 0 aliphatic rings. The fourth-order valence-electron chi connectivity index (χ4n) is 2.35. The molecule has 0 fully saturated rings. The van der Waals surface area contributed by atoms with Gasteiger partial charge in [-0.25, -0.2) is 0 Å². The molecule has 1 amide bonds. The average Bonchev–Trinajstić information content (AvgIpc) is 2.63. The second-order valence-corrected chi connectivity index (χ2v) is 5.96. The average molecular weight is 379 g/mol. The number of rotatable bonds is 9. The molecular formula is C20H27ClN2O3. The normalized spacial score (nSPS) is 11.3. The van der Waals surface area contributed by atoms with Crippen LogP contribution in [0.25, 0.3) is 0 Å². The molecule has 1 atom stereocenters. The molecule has 5 nitrogen and oxygen atoms in total. The predicted octanol–water partition coefficient (Wildman–Crippen LogP) is 3.88. The van der Waals surface area contributed by atoms with Gasteiger partial charge >= 0.3 is 0 Å². The van der Waals surface area contributed by atoms with Gasteiger partial charge in [0.2, 0.25) is 5.91 Å². The van der Waals surface area contributed by atoms with E-state index in [0.29, 0.717) is 13.2 Å². The van der Waals surface area contributed by atoms with Crippen molar-refractivity contribution < 1.29 is 14.3 Å². The van der Waals surface area contributed by atoms with Gasteiger partial charge in [-0.3, -0.25) is 4.79 Å². The second-order valence-electron chi connectivity index (χ2n) is 5.96. The molecule has 1 unspecified atom stereocenters. The molecule has 0 bridgehead atoms. The van der Waals surface area contributed by atoms with Crippen molar-refractivity contribution in [2.45, 2.75) is 13.3 Å². The summed E-state index contributed by atoms with van der Waals surface area (Å²) in [6.45, 7) is 3.24. The van der Waals surface area contributed by atoms with E-state index in [1.54, 1.807) is 7.11 Å². The summed E-state index contributed by atoms with van der Waals surface area (Å²) in [5, 5.41) is 5.90. The van der Waals surface area contributed by atoms with Crippen molar-refractivity contribution in [2.24, 2.45) is 5.92 Å². The van der Waals surface area contributed by atoms with Crippen LogP contribution in [0.4, 0.5) is 5.69 Å². The number of methoxy groups -OCH3 is 1. The molecule has 26 heavy (non-hydrogen) atoms. The number of hydrogen-bond acceptors (Lipinski definition) is 4. The molecule has 0 radical (unpaired) electrons. The Labute approximate surface area is 161 Å². The molecule has 2 aromatic rings. The van der Waals surface area contributed by atoms with Crippen molar-refractivity contribution in [3.8, 4) is 11.5 Å². The highest BCUT2D eigenvalue weighted by molar-refractivity contribution is 5.92. The first-order valence-electron chi connectivity index (χ1n) is 8.43. The Morgan fingerprint density at radius 1 is 1.04 bits per heavy atom. The van der Waals surface area contributed by atoms with E-state index in [1.165, 1.54) is 5.56 Å². The number of hydrogen-bond donors (Lipinski definition) is 2. The fraction of sp³-hybridized carbons (Fsp3) is 0.350. The monoisotopic (exact) mass is 378 g/mol. The Bertz CT molecular complexity index is 660. The molecule has 0 saturated carbocycles. The molecule has 2 rings (SSSR count). The van der Waals surface area contributed by atoms with Crippen molar-refractivity contribution in [3.05, 3.63) is 54.1 Å². The molecule has 0 saturated heterocycles. The first-order chi connectivity index (χ1) is 12.1.